The summed E-state index contributed by atoms with van der Waals surface area (Å²) in [5, 5.41) is 17.8. The number of hydrogen-bond acceptors (Lipinski definition) is 4. The second-order valence-electron chi connectivity index (χ2n) is 3.57. The molecule has 0 amide bonds. The molecule has 0 aliphatic carbocycles. The fraction of sp³-hybridized carbons (Fsp3) is 0.273. The van der Waals surface area contributed by atoms with Crippen molar-refractivity contribution in [3.8, 4) is 5.75 Å². The zero-order valence-electron chi connectivity index (χ0n) is 9.46. The topological polar surface area (TPSA) is 60.2 Å². The third kappa shape index (κ3) is 2.32. The highest BCUT2D eigenvalue weighted by Crippen LogP contribution is 2.31. The molecule has 5 nitrogen and oxygen atoms in total. The molecule has 2 aromatic rings. The number of aliphatic hydroxyl groups is 1. The van der Waals surface area contributed by atoms with Crippen molar-refractivity contribution >= 4 is 15.9 Å². The van der Waals surface area contributed by atoms with Gasteiger partial charge in [0.2, 0.25) is 0 Å². The van der Waals surface area contributed by atoms with E-state index in [0.29, 0.717) is 17.0 Å². The Labute approximate surface area is 107 Å². The van der Waals surface area contributed by atoms with Crippen molar-refractivity contribution in [3.05, 3.63) is 40.1 Å². The van der Waals surface area contributed by atoms with Crippen LogP contribution in [-0.2, 0) is 7.05 Å². The first-order valence-electron chi connectivity index (χ1n) is 4.99. The van der Waals surface area contributed by atoms with E-state index in [1.807, 2.05) is 12.1 Å². The van der Waals surface area contributed by atoms with Crippen molar-refractivity contribution in [1.29, 1.82) is 0 Å². The van der Waals surface area contributed by atoms with Crippen molar-refractivity contribution in [2.24, 2.45) is 7.05 Å². The highest BCUT2D eigenvalue weighted by molar-refractivity contribution is 9.10. The Morgan fingerprint density at radius 2 is 2.24 bits per heavy atom. The van der Waals surface area contributed by atoms with Crippen LogP contribution in [0.3, 0.4) is 0 Å². The molecule has 17 heavy (non-hydrogen) atoms. The monoisotopic (exact) mass is 297 g/mol. The minimum atomic E-state index is -0.817. The van der Waals surface area contributed by atoms with Gasteiger partial charge in [0.25, 0.3) is 0 Å². The summed E-state index contributed by atoms with van der Waals surface area (Å²) in [5.74, 6) is 0.627. The Bertz CT molecular complexity index is 527. The number of hydrogen-bond donors (Lipinski definition) is 1. The summed E-state index contributed by atoms with van der Waals surface area (Å²) >= 11 is 3.37. The lowest BCUT2D eigenvalue weighted by Gasteiger charge is -2.14. The molecule has 0 saturated carbocycles. The minimum absolute atomic E-state index is 0.612. The van der Waals surface area contributed by atoms with E-state index in [1.165, 1.54) is 10.9 Å². The smallest absolute Gasteiger partial charge is 0.126 e. The molecule has 0 saturated heterocycles. The predicted octanol–water partition coefficient (Wildman–Crippen LogP) is 1.67. The van der Waals surface area contributed by atoms with Crippen molar-refractivity contribution in [2.45, 2.75) is 6.10 Å². The molecule has 0 aliphatic heterocycles. The van der Waals surface area contributed by atoms with E-state index in [-0.39, 0.29) is 0 Å². The molecule has 90 valence electrons. The summed E-state index contributed by atoms with van der Waals surface area (Å²) in [6.45, 7) is 0. The Balaban J connectivity index is 2.46. The SMILES string of the molecule is COc1ccc(Br)cc1C(O)c1cnnn1C. The van der Waals surface area contributed by atoms with Crippen LogP contribution < -0.4 is 4.74 Å². The first-order chi connectivity index (χ1) is 8.13. The molecule has 0 spiro atoms. The zero-order valence-corrected chi connectivity index (χ0v) is 11.0. The van der Waals surface area contributed by atoms with E-state index in [9.17, 15) is 5.11 Å². The lowest BCUT2D eigenvalue weighted by molar-refractivity contribution is 0.204. The number of aromatic nitrogens is 3. The Kier molecular flexibility index (Phi) is 3.44. The third-order valence-corrected chi connectivity index (χ3v) is 3.01. The second-order valence-corrected chi connectivity index (χ2v) is 4.49. The first kappa shape index (κ1) is 12.1. The van der Waals surface area contributed by atoms with Crippen LogP contribution in [0.4, 0.5) is 0 Å². The van der Waals surface area contributed by atoms with E-state index in [4.69, 9.17) is 4.74 Å². The number of aliphatic hydroxyl groups excluding tert-OH is 1. The summed E-state index contributed by atoms with van der Waals surface area (Å²) in [7, 11) is 3.30. The molecule has 1 atom stereocenters. The molecular formula is C11H12BrN3O2. The summed E-state index contributed by atoms with van der Waals surface area (Å²) in [6.07, 6.45) is 0.716. The van der Waals surface area contributed by atoms with Gasteiger partial charge in [0.05, 0.1) is 19.0 Å². The van der Waals surface area contributed by atoms with Crippen LogP contribution in [0.5, 0.6) is 5.75 Å². The largest absolute Gasteiger partial charge is 0.496 e. The van der Waals surface area contributed by atoms with Gasteiger partial charge in [-0.2, -0.15) is 0 Å². The van der Waals surface area contributed by atoms with E-state index in [0.717, 1.165) is 4.47 Å². The minimum Gasteiger partial charge on any atom is -0.496 e. The number of methoxy groups -OCH3 is 1. The van der Waals surface area contributed by atoms with Gasteiger partial charge in [-0.25, -0.2) is 4.68 Å². The maximum Gasteiger partial charge on any atom is 0.126 e. The van der Waals surface area contributed by atoms with Gasteiger partial charge in [0, 0.05) is 17.1 Å². The van der Waals surface area contributed by atoms with Crippen LogP contribution in [0.2, 0.25) is 0 Å². The van der Waals surface area contributed by atoms with E-state index in [1.54, 1.807) is 20.2 Å². The van der Waals surface area contributed by atoms with Gasteiger partial charge in [-0.3, -0.25) is 0 Å². The fourth-order valence-corrected chi connectivity index (χ4v) is 2.00. The van der Waals surface area contributed by atoms with Crippen LogP contribution in [0.25, 0.3) is 0 Å². The number of rotatable bonds is 3. The third-order valence-electron chi connectivity index (χ3n) is 2.52. The lowest BCUT2D eigenvalue weighted by atomic mass is 10.1. The molecule has 0 aliphatic rings. The molecule has 0 radical (unpaired) electrons. The number of nitrogens with zero attached hydrogens (tertiary/aromatic N) is 3. The van der Waals surface area contributed by atoms with Crippen LogP contribution in [0.1, 0.15) is 17.4 Å². The summed E-state index contributed by atoms with van der Waals surface area (Å²) in [5.41, 5.74) is 1.29. The Morgan fingerprint density at radius 1 is 1.47 bits per heavy atom. The van der Waals surface area contributed by atoms with Crippen molar-refractivity contribution in [3.63, 3.8) is 0 Å². The van der Waals surface area contributed by atoms with Gasteiger partial charge in [-0.05, 0) is 18.2 Å². The van der Waals surface area contributed by atoms with E-state index in [2.05, 4.69) is 26.2 Å². The lowest BCUT2D eigenvalue weighted by Crippen LogP contribution is -2.08. The summed E-state index contributed by atoms with van der Waals surface area (Å²) < 4.78 is 7.64. The van der Waals surface area contributed by atoms with Crippen LogP contribution in [0, 0.1) is 0 Å². The van der Waals surface area contributed by atoms with Gasteiger partial charge in [0.1, 0.15) is 11.9 Å². The average Bonchev–Trinajstić information content (AvgIpc) is 2.74. The first-order valence-corrected chi connectivity index (χ1v) is 5.79. The Morgan fingerprint density at radius 3 is 2.82 bits per heavy atom. The average molecular weight is 298 g/mol. The number of ether oxygens (including phenoxy) is 1. The molecule has 1 unspecified atom stereocenters. The number of aryl methyl sites for hydroxylation is 1. The van der Waals surface area contributed by atoms with E-state index >= 15 is 0 Å². The molecule has 1 aromatic heterocycles. The highest BCUT2D eigenvalue weighted by atomic mass is 79.9. The maximum absolute atomic E-state index is 10.3. The Hall–Kier alpha value is -1.40. The molecule has 1 N–H and O–H groups in total. The maximum atomic E-state index is 10.3. The van der Waals surface area contributed by atoms with Gasteiger partial charge in [-0.1, -0.05) is 21.1 Å². The van der Waals surface area contributed by atoms with Crippen LogP contribution in [-0.4, -0.2) is 27.2 Å². The standard InChI is InChI=1S/C11H12BrN3O2/c1-15-9(6-13-14-15)11(16)8-5-7(12)3-4-10(8)17-2/h3-6,11,16H,1-2H3. The molecule has 1 aromatic carbocycles. The van der Waals surface area contributed by atoms with Gasteiger partial charge in [-0.15, -0.1) is 5.10 Å². The van der Waals surface area contributed by atoms with Gasteiger partial charge in [0.15, 0.2) is 0 Å². The van der Waals surface area contributed by atoms with Crippen molar-refractivity contribution in [2.75, 3.05) is 7.11 Å². The van der Waals surface area contributed by atoms with Gasteiger partial charge < -0.3 is 9.84 Å². The fourth-order valence-electron chi connectivity index (χ4n) is 1.62. The van der Waals surface area contributed by atoms with Gasteiger partial charge >= 0.3 is 0 Å². The zero-order chi connectivity index (χ0) is 12.4. The predicted molar refractivity (Wildman–Crippen MR) is 65.8 cm³/mol. The highest BCUT2D eigenvalue weighted by Gasteiger charge is 2.19. The van der Waals surface area contributed by atoms with Crippen molar-refractivity contribution < 1.29 is 9.84 Å². The second kappa shape index (κ2) is 4.85. The van der Waals surface area contributed by atoms with E-state index < -0.39 is 6.10 Å². The van der Waals surface area contributed by atoms with Crippen molar-refractivity contribution in [1.82, 2.24) is 15.0 Å². The molecule has 1 heterocycles. The molecule has 2 rings (SSSR count). The summed E-state index contributed by atoms with van der Waals surface area (Å²) in [4.78, 5) is 0. The number of halogens is 1. The van der Waals surface area contributed by atoms with Crippen LogP contribution in [0.15, 0.2) is 28.9 Å². The quantitative estimate of drug-likeness (QED) is 0.936. The normalized spacial score (nSPS) is 12.5. The molecule has 0 fully saturated rings. The molecule has 0 bridgehead atoms. The number of benzene rings is 1. The summed E-state index contributed by atoms with van der Waals surface area (Å²) in [6, 6.07) is 5.47. The van der Waals surface area contributed by atoms with Crippen LogP contribution >= 0.6 is 15.9 Å². The molecule has 6 heteroatoms. The molecular weight excluding hydrogens is 286 g/mol.